The van der Waals surface area contributed by atoms with E-state index in [9.17, 15) is 0 Å². The Hall–Kier alpha value is -1.84. The zero-order valence-corrected chi connectivity index (χ0v) is 10.7. The van der Waals surface area contributed by atoms with Gasteiger partial charge in [-0.2, -0.15) is 0 Å². The van der Waals surface area contributed by atoms with Crippen LogP contribution in [0.2, 0.25) is 0 Å². The lowest BCUT2D eigenvalue weighted by Gasteiger charge is -2.24. The summed E-state index contributed by atoms with van der Waals surface area (Å²) in [6, 6.07) is 18.2. The van der Waals surface area contributed by atoms with Gasteiger partial charge in [-0.1, -0.05) is 30.3 Å². The summed E-state index contributed by atoms with van der Waals surface area (Å²) in [5.41, 5.74) is 1.20. The minimum atomic E-state index is 0.257. The highest BCUT2D eigenvalue weighted by atomic mass is 16.5. The van der Waals surface area contributed by atoms with Gasteiger partial charge in [-0.25, -0.2) is 0 Å². The average Bonchev–Trinajstić information content (AvgIpc) is 2.49. The van der Waals surface area contributed by atoms with Gasteiger partial charge in [0.15, 0.2) is 0 Å². The van der Waals surface area contributed by atoms with Gasteiger partial charge in [0.2, 0.25) is 0 Å². The molecule has 98 valence electrons. The summed E-state index contributed by atoms with van der Waals surface area (Å²) in [6.07, 6.45) is 0. The normalized spacial score (nSPS) is 19.1. The van der Waals surface area contributed by atoms with E-state index in [4.69, 9.17) is 9.47 Å². The molecule has 0 aliphatic carbocycles. The lowest BCUT2D eigenvalue weighted by molar-refractivity contribution is 0.0768. The molecule has 1 N–H and O–H groups in total. The second-order valence-corrected chi connectivity index (χ2v) is 4.57. The van der Waals surface area contributed by atoms with Gasteiger partial charge in [0.25, 0.3) is 0 Å². The summed E-state index contributed by atoms with van der Waals surface area (Å²) >= 11 is 0. The van der Waals surface area contributed by atoms with Crippen LogP contribution in [0.4, 0.5) is 0 Å². The first-order chi connectivity index (χ1) is 9.42. The van der Waals surface area contributed by atoms with Crippen LogP contribution in [-0.2, 0) is 4.74 Å². The molecule has 0 saturated carbocycles. The van der Waals surface area contributed by atoms with Crippen LogP contribution >= 0.6 is 0 Å². The van der Waals surface area contributed by atoms with E-state index in [0.29, 0.717) is 0 Å². The highest BCUT2D eigenvalue weighted by molar-refractivity contribution is 5.35. The molecule has 2 aromatic rings. The maximum absolute atomic E-state index is 5.84. The van der Waals surface area contributed by atoms with E-state index in [0.717, 1.165) is 31.3 Å². The summed E-state index contributed by atoms with van der Waals surface area (Å²) in [5, 5.41) is 3.45. The Bertz CT molecular complexity index is 521. The standard InChI is InChI=1S/C16H17NO2/c1-2-6-14(7-3-1)19-15-8-4-5-13(11-15)16-12-18-10-9-17-16/h1-8,11,16-17H,9-10,12H2. The largest absolute Gasteiger partial charge is 0.457 e. The molecular formula is C16H17NO2. The first kappa shape index (κ1) is 12.2. The highest BCUT2D eigenvalue weighted by Crippen LogP contribution is 2.25. The van der Waals surface area contributed by atoms with Crippen molar-refractivity contribution >= 4 is 0 Å². The van der Waals surface area contributed by atoms with Crippen molar-refractivity contribution in [1.82, 2.24) is 5.32 Å². The molecule has 1 aliphatic heterocycles. The summed E-state index contributed by atoms with van der Waals surface area (Å²) in [6.45, 7) is 2.40. The summed E-state index contributed by atoms with van der Waals surface area (Å²) in [7, 11) is 0. The van der Waals surface area contributed by atoms with E-state index in [1.54, 1.807) is 0 Å². The van der Waals surface area contributed by atoms with Crippen molar-refractivity contribution in [2.24, 2.45) is 0 Å². The molecule has 0 aromatic heterocycles. The molecule has 3 nitrogen and oxygen atoms in total. The fraction of sp³-hybridized carbons (Fsp3) is 0.250. The minimum Gasteiger partial charge on any atom is -0.457 e. The predicted molar refractivity (Wildman–Crippen MR) is 74.5 cm³/mol. The zero-order valence-electron chi connectivity index (χ0n) is 10.7. The predicted octanol–water partition coefficient (Wildman–Crippen LogP) is 3.14. The molecule has 1 fully saturated rings. The number of benzene rings is 2. The molecule has 0 spiro atoms. The molecule has 1 atom stereocenters. The zero-order chi connectivity index (χ0) is 12.9. The van der Waals surface area contributed by atoms with E-state index in [-0.39, 0.29) is 6.04 Å². The van der Waals surface area contributed by atoms with Crippen molar-refractivity contribution in [3.8, 4) is 11.5 Å². The molecule has 1 unspecified atom stereocenters. The van der Waals surface area contributed by atoms with Crippen molar-refractivity contribution in [2.45, 2.75) is 6.04 Å². The average molecular weight is 255 g/mol. The molecular weight excluding hydrogens is 238 g/mol. The first-order valence-electron chi connectivity index (χ1n) is 6.56. The molecule has 0 bridgehead atoms. The number of ether oxygens (including phenoxy) is 2. The molecule has 2 aromatic carbocycles. The number of hydrogen-bond acceptors (Lipinski definition) is 3. The van der Waals surface area contributed by atoms with E-state index in [1.165, 1.54) is 5.56 Å². The molecule has 1 aliphatic rings. The van der Waals surface area contributed by atoms with Crippen LogP contribution in [0.3, 0.4) is 0 Å². The lowest BCUT2D eigenvalue weighted by atomic mass is 10.1. The summed E-state index contributed by atoms with van der Waals surface area (Å²) in [5.74, 6) is 1.71. The van der Waals surface area contributed by atoms with Crippen molar-refractivity contribution in [1.29, 1.82) is 0 Å². The van der Waals surface area contributed by atoms with E-state index in [2.05, 4.69) is 17.4 Å². The van der Waals surface area contributed by atoms with Gasteiger partial charge in [0.05, 0.1) is 19.3 Å². The van der Waals surface area contributed by atoms with Crippen molar-refractivity contribution in [3.05, 3.63) is 60.2 Å². The van der Waals surface area contributed by atoms with Crippen LogP contribution < -0.4 is 10.1 Å². The molecule has 3 rings (SSSR count). The second kappa shape index (κ2) is 5.87. The number of para-hydroxylation sites is 1. The van der Waals surface area contributed by atoms with Gasteiger partial charge in [0.1, 0.15) is 11.5 Å². The molecule has 1 saturated heterocycles. The monoisotopic (exact) mass is 255 g/mol. The van der Waals surface area contributed by atoms with Crippen LogP contribution in [0.15, 0.2) is 54.6 Å². The second-order valence-electron chi connectivity index (χ2n) is 4.57. The minimum absolute atomic E-state index is 0.257. The van der Waals surface area contributed by atoms with Gasteiger partial charge in [-0.15, -0.1) is 0 Å². The number of hydrogen-bond donors (Lipinski definition) is 1. The third kappa shape index (κ3) is 3.13. The number of nitrogens with one attached hydrogen (secondary N) is 1. The topological polar surface area (TPSA) is 30.5 Å². The highest BCUT2D eigenvalue weighted by Gasteiger charge is 2.15. The fourth-order valence-corrected chi connectivity index (χ4v) is 2.20. The Labute approximate surface area is 113 Å². The van der Waals surface area contributed by atoms with Crippen molar-refractivity contribution in [2.75, 3.05) is 19.8 Å². The Morgan fingerprint density at radius 3 is 2.63 bits per heavy atom. The maximum Gasteiger partial charge on any atom is 0.127 e. The van der Waals surface area contributed by atoms with Gasteiger partial charge in [0, 0.05) is 6.54 Å². The van der Waals surface area contributed by atoms with Crippen molar-refractivity contribution < 1.29 is 9.47 Å². The van der Waals surface area contributed by atoms with Gasteiger partial charge in [-0.3, -0.25) is 0 Å². The maximum atomic E-state index is 5.84. The van der Waals surface area contributed by atoms with Crippen LogP contribution in [0, 0.1) is 0 Å². The van der Waals surface area contributed by atoms with E-state index >= 15 is 0 Å². The molecule has 3 heteroatoms. The third-order valence-electron chi connectivity index (χ3n) is 3.16. The fourth-order valence-electron chi connectivity index (χ4n) is 2.20. The molecule has 1 heterocycles. The Morgan fingerprint density at radius 1 is 1.00 bits per heavy atom. The van der Waals surface area contributed by atoms with Crippen LogP contribution in [0.25, 0.3) is 0 Å². The molecule has 19 heavy (non-hydrogen) atoms. The van der Waals surface area contributed by atoms with Crippen molar-refractivity contribution in [3.63, 3.8) is 0 Å². The lowest BCUT2D eigenvalue weighted by Crippen LogP contribution is -2.34. The number of morpholine rings is 1. The van der Waals surface area contributed by atoms with Crippen LogP contribution in [-0.4, -0.2) is 19.8 Å². The number of rotatable bonds is 3. The summed E-state index contributed by atoms with van der Waals surface area (Å²) in [4.78, 5) is 0. The Balaban J connectivity index is 1.76. The van der Waals surface area contributed by atoms with E-state index < -0.39 is 0 Å². The third-order valence-corrected chi connectivity index (χ3v) is 3.16. The quantitative estimate of drug-likeness (QED) is 0.914. The SMILES string of the molecule is c1ccc(Oc2cccc(C3COCCN3)c2)cc1. The Morgan fingerprint density at radius 2 is 1.84 bits per heavy atom. The van der Waals surface area contributed by atoms with Crippen LogP contribution in [0.1, 0.15) is 11.6 Å². The van der Waals surface area contributed by atoms with Gasteiger partial charge < -0.3 is 14.8 Å². The Kier molecular flexibility index (Phi) is 3.77. The van der Waals surface area contributed by atoms with E-state index in [1.807, 2.05) is 42.5 Å². The van der Waals surface area contributed by atoms with Crippen LogP contribution in [0.5, 0.6) is 11.5 Å². The molecule has 0 amide bonds. The first-order valence-corrected chi connectivity index (χ1v) is 6.56. The molecule has 0 radical (unpaired) electrons. The van der Waals surface area contributed by atoms with Gasteiger partial charge >= 0.3 is 0 Å². The van der Waals surface area contributed by atoms with Gasteiger partial charge in [-0.05, 0) is 29.8 Å². The smallest absolute Gasteiger partial charge is 0.127 e. The summed E-state index contributed by atoms with van der Waals surface area (Å²) < 4.78 is 11.3.